The zero-order valence-corrected chi connectivity index (χ0v) is 12.1. The Morgan fingerprint density at radius 3 is 2.55 bits per heavy atom. The van der Waals surface area contributed by atoms with Crippen LogP contribution < -0.4 is 4.90 Å². The summed E-state index contributed by atoms with van der Waals surface area (Å²) in [7, 11) is 0. The minimum absolute atomic E-state index is 0.0329. The van der Waals surface area contributed by atoms with E-state index in [0.717, 1.165) is 5.56 Å². The first-order chi connectivity index (χ1) is 10.6. The molecule has 0 aromatic heterocycles. The quantitative estimate of drug-likeness (QED) is 0.810. The average Bonchev–Trinajstić information content (AvgIpc) is 2.55. The smallest absolute Gasteiger partial charge is 0.259 e. The third kappa shape index (κ3) is 2.27. The van der Waals surface area contributed by atoms with Gasteiger partial charge in [0.25, 0.3) is 5.91 Å². The zero-order valence-electron chi connectivity index (χ0n) is 12.1. The van der Waals surface area contributed by atoms with E-state index in [4.69, 9.17) is 0 Å². The molecule has 0 fully saturated rings. The fraction of sp³-hybridized carbons (Fsp3) is 0.167. The van der Waals surface area contributed by atoms with E-state index in [1.54, 1.807) is 36.4 Å². The number of aryl methyl sites for hydroxylation is 1. The van der Waals surface area contributed by atoms with Crippen LogP contribution in [0.1, 0.15) is 32.7 Å². The number of carbonyl (C=O) groups excluding carboxylic acids is 2. The van der Waals surface area contributed by atoms with Crippen LogP contribution in [-0.4, -0.2) is 17.7 Å². The Kier molecular flexibility index (Phi) is 3.48. The van der Waals surface area contributed by atoms with Crippen molar-refractivity contribution < 1.29 is 9.59 Å². The van der Waals surface area contributed by atoms with Crippen LogP contribution >= 0.6 is 0 Å². The van der Waals surface area contributed by atoms with E-state index in [1.807, 2.05) is 19.1 Å². The number of amides is 1. The summed E-state index contributed by atoms with van der Waals surface area (Å²) in [5, 5.41) is 9.35. The first-order valence-corrected chi connectivity index (χ1v) is 7.04. The lowest BCUT2D eigenvalue weighted by Crippen LogP contribution is -2.44. The molecule has 1 aliphatic heterocycles. The molecule has 4 nitrogen and oxygen atoms in total. The molecule has 0 N–H and O–H groups in total. The molecule has 0 spiro atoms. The van der Waals surface area contributed by atoms with Gasteiger partial charge in [-0.25, -0.2) is 0 Å². The topological polar surface area (TPSA) is 61.2 Å². The number of fused-ring (bicyclic) bond motifs is 1. The van der Waals surface area contributed by atoms with Gasteiger partial charge in [0.2, 0.25) is 0 Å². The van der Waals surface area contributed by atoms with Crippen molar-refractivity contribution in [2.24, 2.45) is 0 Å². The van der Waals surface area contributed by atoms with Gasteiger partial charge in [0.15, 0.2) is 5.78 Å². The summed E-state index contributed by atoms with van der Waals surface area (Å²) < 4.78 is 0. The second-order valence-electron chi connectivity index (χ2n) is 5.33. The van der Waals surface area contributed by atoms with Crippen molar-refractivity contribution in [3.05, 3.63) is 65.2 Å². The second-order valence-corrected chi connectivity index (χ2v) is 5.33. The van der Waals surface area contributed by atoms with Gasteiger partial charge in [-0.05, 0) is 31.2 Å². The number of ketones is 1. The molecule has 3 rings (SSSR count). The predicted molar refractivity (Wildman–Crippen MR) is 82.8 cm³/mol. The Bertz CT molecular complexity index is 787. The van der Waals surface area contributed by atoms with Crippen molar-refractivity contribution in [2.45, 2.75) is 19.4 Å². The number of para-hydroxylation sites is 1. The molecule has 1 unspecified atom stereocenters. The predicted octanol–water partition coefficient (Wildman–Crippen LogP) is 3.12. The van der Waals surface area contributed by atoms with E-state index in [1.165, 1.54) is 4.90 Å². The van der Waals surface area contributed by atoms with Gasteiger partial charge in [0.1, 0.15) is 6.04 Å². The van der Waals surface area contributed by atoms with Crippen molar-refractivity contribution in [1.29, 1.82) is 5.26 Å². The van der Waals surface area contributed by atoms with Crippen LogP contribution in [0.2, 0.25) is 0 Å². The molecule has 1 aliphatic rings. The number of rotatable bonds is 1. The average molecular weight is 290 g/mol. The molecule has 2 aromatic rings. The molecule has 0 bridgehead atoms. The molecule has 0 radical (unpaired) electrons. The molecule has 0 saturated heterocycles. The number of anilines is 1. The fourth-order valence-electron chi connectivity index (χ4n) is 2.65. The van der Waals surface area contributed by atoms with Gasteiger partial charge in [0.05, 0.1) is 11.8 Å². The Morgan fingerprint density at radius 1 is 1.18 bits per heavy atom. The van der Waals surface area contributed by atoms with Crippen LogP contribution in [0.5, 0.6) is 0 Å². The molecule has 22 heavy (non-hydrogen) atoms. The molecular formula is C18H14N2O2. The van der Waals surface area contributed by atoms with Crippen molar-refractivity contribution in [3.8, 4) is 6.07 Å². The number of carbonyl (C=O) groups is 2. The molecule has 2 aromatic carbocycles. The van der Waals surface area contributed by atoms with Gasteiger partial charge in [-0.1, -0.05) is 29.8 Å². The molecular weight excluding hydrogens is 276 g/mol. The highest BCUT2D eigenvalue weighted by atomic mass is 16.2. The maximum absolute atomic E-state index is 12.8. The lowest BCUT2D eigenvalue weighted by Gasteiger charge is -2.32. The highest BCUT2D eigenvalue weighted by molar-refractivity contribution is 6.14. The minimum Gasteiger partial charge on any atom is -0.294 e. The van der Waals surface area contributed by atoms with Crippen LogP contribution in [0.3, 0.4) is 0 Å². The van der Waals surface area contributed by atoms with Gasteiger partial charge in [-0.2, -0.15) is 5.26 Å². The number of nitriles is 1. The molecule has 1 atom stereocenters. The van der Waals surface area contributed by atoms with Crippen LogP contribution in [0.25, 0.3) is 0 Å². The van der Waals surface area contributed by atoms with Crippen molar-refractivity contribution in [3.63, 3.8) is 0 Å². The van der Waals surface area contributed by atoms with E-state index in [-0.39, 0.29) is 18.1 Å². The Hall–Kier alpha value is -2.93. The molecule has 0 aliphatic carbocycles. The Labute approximate surface area is 128 Å². The maximum atomic E-state index is 12.8. The summed E-state index contributed by atoms with van der Waals surface area (Å²) in [5.41, 5.74) is 2.57. The summed E-state index contributed by atoms with van der Waals surface area (Å²) in [6.07, 6.45) is 0.0329. The summed E-state index contributed by atoms with van der Waals surface area (Å²) in [4.78, 5) is 26.4. The molecule has 4 heteroatoms. The third-order valence-electron chi connectivity index (χ3n) is 3.82. The van der Waals surface area contributed by atoms with Crippen molar-refractivity contribution in [1.82, 2.24) is 0 Å². The number of hydrogen-bond donors (Lipinski definition) is 0. The van der Waals surface area contributed by atoms with Gasteiger partial charge >= 0.3 is 0 Å². The third-order valence-corrected chi connectivity index (χ3v) is 3.82. The van der Waals surface area contributed by atoms with Crippen molar-refractivity contribution >= 4 is 17.4 Å². The molecule has 0 saturated carbocycles. The van der Waals surface area contributed by atoms with Crippen molar-refractivity contribution in [2.75, 3.05) is 4.90 Å². The lowest BCUT2D eigenvalue weighted by molar-refractivity contribution is 0.0943. The van der Waals surface area contributed by atoms with Gasteiger partial charge in [-0.3, -0.25) is 14.5 Å². The first-order valence-electron chi connectivity index (χ1n) is 7.04. The number of nitrogens with zero attached hydrogens (tertiary/aromatic N) is 2. The largest absolute Gasteiger partial charge is 0.294 e. The molecule has 108 valence electrons. The number of hydrogen-bond acceptors (Lipinski definition) is 3. The summed E-state index contributed by atoms with van der Waals surface area (Å²) in [5.74, 6) is -0.360. The first kappa shape index (κ1) is 14.0. The summed E-state index contributed by atoms with van der Waals surface area (Å²) >= 11 is 0. The highest BCUT2D eigenvalue weighted by Gasteiger charge is 2.35. The Balaban J connectivity index is 2.09. The van der Waals surface area contributed by atoms with E-state index >= 15 is 0 Å². The fourth-order valence-corrected chi connectivity index (χ4v) is 2.65. The number of Topliss-reactive ketones (excluding diaryl/α,β-unsaturated/α-hetero) is 1. The molecule has 1 heterocycles. The van der Waals surface area contributed by atoms with E-state index in [9.17, 15) is 14.9 Å². The van der Waals surface area contributed by atoms with Crippen LogP contribution in [0, 0.1) is 18.3 Å². The van der Waals surface area contributed by atoms with Gasteiger partial charge < -0.3 is 0 Å². The van der Waals surface area contributed by atoms with Gasteiger partial charge in [0, 0.05) is 17.5 Å². The number of benzene rings is 2. The zero-order chi connectivity index (χ0) is 15.7. The van der Waals surface area contributed by atoms with Crippen LogP contribution in [0.15, 0.2) is 48.5 Å². The van der Waals surface area contributed by atoms with Crippen LogP contribution in [-0.2, 0) is 0 Å². The molecule has 1 amide bonds. The highest BCUT2D eigenvalue weighted by Crippen LogP contribution is 2.31. The van der Waals surface area contributed by atoms with E-state index < -0.39 is 6.04 Å². The normalized spacial score (nSPS) is 16.8. The van der Waals surface area contributed by atoms with E-state index in [0.29, 0.717) is 16.8 Å². The second kappa shape index (κ2) is 5.45. The lowest BCUT2D eigenvalue weighted by atomic mass is 9.94. The van der Waals surface area contributed by atoms with E-state index in [2.05, 4.69) is 6.07 Å². The monoisotopic (exact) mass is 290 g/mol. The summed E-state index contributed by atoms with van der Waals surface area (Å²) in [6, 6.07) is 15.4. The Morgan fingerprint density at radius 2 is 1.86 bits per heavy atom. The minimum atomic E-state index is -0.767. The SMILES string of the molecule is Cc1ccc(C(=O)N2c3ccccc3C(=O)CC2C#N)cc1. The standard InChI is InChI=1S/C18H14N2O2/c1-12-6-8-13(9-7-12)18(22)20-14(11-19)10-17(21)15-4-2-3-5-16(15)20/h2-9,14H,10H2,1H3. The maximum Gasteiger partial charge on any atom is 0.259 e. The summed E-state index contributed by atoms with van der Waals surface area (Å²) in [6.45, 7) is 1.95. The van der Waals surface area contributed by atoms with Crippen LogP contribution in [0.4, 0.5) is 5.69 Å². The van der Waals surface area contributed by atoms with Gasteiger partial charge in [-0.15, -0.1) is 0 Å².